The Morgan fingerprint density at radius 1 is 1.11 bits per heavy atom. The van der Waals surface area contributed by atoms with Gasteiger partial charge < -0.3 is 10.0 Å². The van der Waals surface area contributed by atoms with Crippen molar-refractivity contribution in [2.75, 3.05) is 13.1 Å². The summed E-state index contributed by atoms with van der Waals surface area (Å²) < 4.78 is 2.99. The maximum Gasteiger partial charge on any atom is 0.281 e. The number of carbonyl (C=O) groups is 1. The van der Waals surface area contributed by atoms with Crippen LogP contribution in [0.4, 0.5) is 0 Å². The van der Waals surface area contributed by atoms with Crippen LogP contribution in [0.1, 0.15) is 30.4 Å². The molecule has 9 heteroatoms. The van der Waals surface area contributed by atoms with E-state index in [1.165, 1.54) is 10.9 Å². The molecule has 2 aromatic carbocycles. The minimum atomic E-state index is -1.12. The van der Waals surface area contributed by atoms with E-state index in [4.69, 9.17) is 0 Å². The summed E-state index contributed by atoms with van der Waals surface area (Å²) in [6.45, 7) is 0.964. The molecule has 1 aliphatic heterocycles. The fourth-order valence-electron chi connectivity index (χ4n) is 4.97. The van der Waals surface area contributed by atoms with E-state index in [0.29, 0.717) is 55.5 Å². The number of amides is 1. The second-order valence-corrected chi connectivity index (χ2v) is 9.63. The SMILES string of the molecule is Cn1nc2c(=O)n(CC3(O)CCN(C(=O)CCc4ccccc4)CC3)cnc2c1-c1cccc(C#N)c1. The summed E-state index contributed by atoms with van der Waals surface area (Å²) in [6, 6.07) is 19.1. The molecular weight excluding hydrogens is 468 g/mol. The number of hydrogen-bond donors (Lipinski definition) is 1. The van der Waals surface area contributed by atoms with Crippen LogP contribution >= 0.6 is 0 Å². The van der Waals surface area contributed by atoms with Crippen LogP contribution in [0, 0.1) is 11.3 Å². The van der Waals surface area contributed by atoms with Gasteiger partial charge in [0, 0.05) is 32.1 Å². The number of aliphatic hydroxyl groups is 1. The number of piperidine rings is 1. The van der Waals surface area contributed by atoms with Crippen LogP contribution < -0.4 is 5.56 Å². The Bertz CT molecular complexity index is 1540. The predicted molar refractivity (Wildman–Crippen MR) is 138 cm³/mol. The molecule has 1 aliphatic rings. The summed E-state index contributed by atoms with van der Waals surface area (Å²) in [7, 11) is 1.73. The Labute approximate surface area is 214 Å². The Morgan fingerprint density at radius 2 is 1.86 bits per heavy atom. The van der Waals surface area contributed by atoms with Crippen molar-refractivity contribution in [2.45, 2.75) is 37.8 Å². The molecule has 5 rings (SSSR count). The van der Waals surface area contributed by atoms with Crippen molar-refractivity contribution in [2.24, 2.45) is 7.05 Å². The maximum atomic E-state index is 13.3. The quantitative estimate of drug-likeness (QED) is 0.439. The summed E-state index contributed by atoms with van der Waals surface area (Å²) in [6.07, 6.45) is 3.32. The lowest BCUT2D eigenvalue weighted by Gasteiger charge is -2.38. The lowest BCUT2D eigenvalue weighted by Crippen LogP contribution is -2.49. The van der Waals surface area contributed by atoms with Gasteiger partial charge in [-0.25, -0.2) is 4.98 Å². The number of rotatable bonds is 6. The van der Waals surface area contributed by atoms with Crippen LogP contribution in [0.25, 0.3) is 22.3 Å². The van der Waals surface area contributed by atoms with Gasteiger partial charge in [-0.15, -0.1) is 0 Å². The molecule has 0 aliphatic carbocycles. The molecule has 1 fully saturated rings. The topological polar surface area (TPSA) is 117 Å². The van der Waals surface area contributed by atoms with Crippen LogP contribution in [0.3, 0.4) is 0 Å². The van der Waals surface area contributed by atoms with E-state index in [2.05, 4.69) is 16.2 Å². The first-order valence-corrected chi connectivity index (χ1v) is 12.3. The highest BCUT2D eigenvalue weighted by Crippen LogP contribution is 2.27. The summed E-state index contributed by atoms with van der Waals surface area (Å²) in [5, 5.41) is 24.9. The Morgan fingerprint density at radius 3 is 2.59 bits per heavy atom. The van der Waals surface area contributed by atoms with E-state index in [1.807, 2.05) is 36.4 Å². The minimum absolute atomic E-state index is 0.0765. The van der Waals surface area contributed by atoms with Gasteiger partial charge in [-0.1, -0.05) is 42.5 Å². The van der Waals surface area contributed by atoms with Crippen molar-refractivity contribution in [3.05, 3.63) is 82.4 Å². The highest BCUT2D eigenvalue weighted by molar-refractivity contribution is 5.89. The van der Waals surface area contributed by atoms with Gasteiger partial charge in [0.05, 0.1) is 35.8 Å². The average Bonchev–Trinajstić information content (AvgIpc) is 3.26. The molecule has 0 bridgehead atoms. The predicted octanol–water partition coefficient (Wildman–Crippen LogP) is 2.65. The Kier molecular flexibility index (Phi) is 6.59. The van der Waals surface area contributed by atoms with Crippen molar-refractivity contribution >= 4 is 16.9 Å². The van der Waals surface area contributed by atoms with Gasteiger partial charge >= 0.3 is 0 Å². The van der Waals surface area contributed by atoms with E-state index < -0.39 is 5.60 Å². The van der Waals surface area contributed by atoms with Crippen molar-refractivity contribution in [3.8, 4) is 17.3 Å². The molecule has 4 aromatic rings. The monoisotopic (exact) mass is 496 g/mol. The molecule has 2 aromatic heterocycles. The van der Waals surface area contributed by atoms with Gasteiger partial charge in [-0.05, 0) is 37.0 Å². The number of aromatic nitrogens is 4. The number of benzene rings is 2. The number of nitriles is 1. The van der Waals surface area contributed by atoms with Crippen molar-refractivity contribution in [1.82, 2.24) is 24.2 Å². The number of carbonyl (C=O) groups excluding carboxylic acids is 1. The number of likely N-dealkylation sites (tertiary alicyclic amines) is 1. The first-order valence-electron chi connectivity index (χ1n) is 12.3. The van der Waals surface area contributed by atoms with E-state index in [0.717, 1.165) is 11.1 Å². The van der Waals surface area contributed by atoms with Crippen LogP contribution in [-0.4, -0.2) is 53.9 Å². The lowest BCUT2D eigenvalue weighted by molar-refractivity contribution is -0.135. The highest BCUT2D eigenvalue weighted by Gasteiger charge is 2.35. The number of nitrogens with zero attached hydrogens (tertiary/aromatic N) is 6. The first-order chi connectivity index (χ1) is 17.9. The second-order valence-electron chi connectivity index (χ2n) is 9.63. The van der Waals surface area contributed by atoms with Crippen molar-refractivity contribution in [3.63, 3.8) is 0 Å². The molecule has 0 atom stereocenters. The van der Waals surface area contributed by atoms with Gasteiger partial charge in [0.25, 0.3) is 5.56 Å². The van der Waals surface area contributed by atoms with E-state index in [-0.39, 0.29) is 23.5 Å². The average molecular weight is 497 g/mol. The lowest BCUT2D eigenvalue weighted by atomic mass is 9.91. The van der Waals surface area contributed by atoms with Gasteiger partial charge in [0.1, 0.15) is 5.52 Å². The zero-order chi connectivity index (χ0) is 26.0. The molecule has 1 amide bonds. The largest absolute Gasteiger partial charge is 0.388 e. The third-order valence-electron chi connectivity index (χ3n) is 7.06. The molecule has 1 N–H and O–H groups in total. The van der Waals surface area contributed by atoms with E-state index in [9.17, 15) is 20.0 Å². The molecule has 3 heterocycles. The summed E-state index contributed by atoms with van der Waals surface area (Å²) in [5.74, 6) is 0.0765. The summed E-state index contributed by atoms with van der Waals surface area (Å²) >= 11 is 0. The minimum Gasteiger partial charge on any atom is -0.388 e. The zero-order valence-corrected chi connectivity index (χ0v) is 20.7. The Balaban J connectivity index is 1.29. The Hall–Kier alpha value is -4.29. The molecular formula is C28H28N6O3. The fraction of sp³-hybridized carbons (Fsp3) is 0.321. The number of hydrogen-bond acceptors (Lipinski definition) is 6. The fourth-order valence-corrected chi connectivity index (χ4v) is 4.97. The molecule has 1 saturated heterocycles. The zero-order valence-electron chi connectivity index (χ0n) is 20.7. The molecule has 0 radical (unpaired) electrons. The smallest absolute Gasteiger partial charge is 0.281 e. The molecule has 188 valence electrons. The van der Waals surface area contributed by atoms with Crippen molar-refractivity contribution < 1.29 is 9.90 Å². The standard InChI is InChI=1S/C28H28N6O3/c1-32-26(22-9-5-8-21(16-22)17-29)24-25(31-32)27(36)34(19-30-24)18-28(37)12-14-33(15-13-28)23(35)11-10-20-6-3-2-4-7-20/h2-9,16,19,37H,10-15,18H2,1H3. The van der Waals surface area contributed by atoms with Gasteiger partial charge in [-0.3, -0.25) is 18.8 Å². The van der Waals surface area contributed by atoms with Crippen LogP contribution in [-0.2, 0) is 24.8 Å². The molecule has 9 nitrogen and oxygen atoms in total. The van der Waals surface area contributed by atoms with Crippen LogP contribution in [0.15, 0.2) is 65.7 Å². The van der Waals surface area contributed by atoms with Crippen LogP contribution in [0.2, 0.25) is 0 Å². The van der Waals surface area contributed by atoms with Gasteiger partial charge in [-0.2, -0.15) is 10.4 Å². The highest BCUT2D eigenvalue weighted by atomic mass is 16.3. The normalized spacial score (nSPS) is 15.0. The maximum absolute atomic E-state index is 13.3. The van der Waals surface area contributed by atoms with Crippen LogP contribution in [0.5, 0.6) is 0 Å². The number of aryl methyl sites for hydroxylation is 2. The molecule has 0 saturated carbocycles. The molecule has 0 unspecified atom stereocenters. The second kappa shape index (κ2) is 9.99. The number of fused-ring (bicyclic) bond motifs is 1. The third kappa shape index (κ3) is 5.01. The van der Waals surface area contributed by atoms with Gasteiger partial charge in [0.15, 0.2) is 5.52 Å². The van der Waals surface area contributed by atoms with Crippen molar-refractivity contribution in [1.29, 1.82) is 5.26 Å². The van der Waals surface area contributed by atoms with Gasteiger partial charge in [0.2, 0.25) is 5.91 Å². The summed E-state index contributed by atoms with van der Waals surface area (Å²) in [4.78, 5) is 32.3. The molecule has 37 heavy (non-hydrogen) atoms. The third-order valence-corrected chi connectivity index (χ3v) is 7.06. The first kappa shape index (κ1) is 24.4. The van der Waals surface area contributed by atoms with E-state index in [1.54, 1.807) is 34.8 Å². The van der Waals surface area contributed by atoms with E-state index >= 15 is 0 Å². The summed E-state index contributed by atoms with van der Waals surface area (Å²) in [5.41, 5.74) is 2.24. The molecule has 0 spiro atoms.